The number of aromatic amines is 1. The number of nitrogens with two attached hydrogens (primary N) is 1. The molecule has 116 valence electrons. The molecule has 0 saturated carbocycles. The van der Waals surface area contributed by atoms with Gasteiger partial charge >= 0.3 is 0 Å². The molecule has 5 nitrogen and oxygen atoms in total. The van der Waals surface area contributed by atoms with Crippen molar-refractivity contribution in [2.75, 3.05) is 13.1 Å². The maximum Gasteiger partial charge on any atom is 0.272 e. The Hall–Kier alpha value is -2.14. The van der Waals surface area contributed by atoms with Gasteiger partial charge in [0.15, 0.2) is 0 Å². The minimum Gasteiger partial charge on any atom is -0.334 e. The lowest BCUT2D eigenvalue weighted by Gasteiger charge is -2.20. The first kappa shape index (κ1) is 14.8. The normalized spacial score (nSPS) is 21.3. The number of H-pyrrole nitrogens is 1. The average molecular weight is 298 g/mol. The zero-order chi connectivity index (χ0) is 15.7. The Morgan fingerprint density at radius 3 is 2.77 bits per heavy atom. The van der Waals surface area contributed by atoms with Gasteiger partial charge in [-0.15, -0.1) is 0 Å². The Kier molecular flexibility index (Phi) is 3.98. The van der Waals surface area contributed by atoms with Gasteiger partial charge in [0.25, 0.3) is 5.91 Å². The molecule has 1 aromatic heterocycles. The zero-order valence-electron chi connectivity index (χ0n) is 13.0. The third-order valence-electron chi connectivity index (χ3n) is 4.41. The summed E-state index contributed by atoms with van der Waals surface area (Å²) < 4.78 is 0. The van der Waals surface area contributed by atoms with E-state index in [2.05, 4.69) is 17.1 Å². The summed E-state index contributed by atoms with van der Waals surface area (Å²) in [6.07, 6.45) is 0.973. The second-order valence-electron chi connectivity index (χ2n) is 6.18. The predicted molar refractivity (Wildman–Crippen MR) is 86.4 cm³/mol. The molecule has 1 aromatic carbocycles. The number of nitrogens with zero attached hydrogens (tertiary/aromatic N) is 2. The smallest absolute Gasteiger partial charge is 0.272 e. The largest absolute Gasteiger partial charge is 0.334 e. The van der Waals surface area contributed by atoms with Gasteiger partial charge in [-0.05, 0) is 38.8 Å². The van der Waals surface area contributed by atoms with Crippen molar-refractivity contribution in [3.63, 3.8) is 0 Å². The van der Waals surface area contributed by atoms with Crippen molar-refractivity contribution in [2.24, 2.45) is 11.7 Å². The van der Waals surface area contributed by atoms with E-state index >= 15 is 0 Å². The maximum atomic E-state index is 12.6. The fourth-order valence-corrected chi connectivity index (χ4v) is 3.05. The molecule has 0 aliphatic carbocycles. The lowest BCUT2D eigenvalue weighted by molar-refractivity contribution is 0.0737. The molecule has 2 atom stereocenters. The summed E-state index contributed by atoms with van der Waals surface area (Å²) in [6.45, 7) is 5.48. The number of aromatic nitrogens is 2. The van der Waals surface area contributed by atoms with Crippen molar-refractivity contribution in [1.82, 2.24) is 15.1 Å². The summed E-state index contributed by atoms with van der Waals surface area (Å²) in [5, 5.41) is 7.15. The number of rotatable bonds is 3. The van der Waals surface area contributed by atoms with Crippen LogP contribution in [0.1, 0.15) is 29.4 Å². The lowest BCUT2D eigenvalue weighted by Crippen LogP contribution is -2.34. The zero-order valence-corrected chi connectivity index (χ0v) is 13.0. The molecule has 1 saturated heterocycles. The molecule has 2 unspecified atom stereocenters. The molecule has 1 amide bonds. The molecule has 22 heavy (non-hydrogen) atoms. The molecule has 5 heteroatoms. The first-order valence-electron chi connectivity index (χ1n) is 7.72. The number of carbonyl (C=O) groups is 1. The van der Waals surface area contributed by atoms with Crippen LogP contribution < -0.4 is 5.73 Å². The third kappa shape index (κ3) is 2.76. The Balaban J connectivity index is 1.79. The molecule has 3 N–H and O–H groups in total. The van der Waals surface area contributed by atoms with Crippen LogP contribution in [0.5, 0.6) is 0 Å². The van der Waals surface area contributed by atoms with Crippen LogP contribution in [0.15, 0.2) is 30.3 Å². The van der Waals surface area contributed by atoms with Gasteiger partial charge in [0.05, 0.1) is 5.69 Å². The monoisotopic (exact) mass is 298 g/mol. The second kappa shape index (κ2) is 5.93. The minimum atomic E-state index is 0.00862. The highest BCUT2D eigenvalue weighted by Gasteiger charge is 2.32. The molecule has 0 spiro atoms. The molecule has 0 radical (unpaired) electrons. The van der Waals surface area contributed by atoms with Crippen LogP contribution in [0.4, 0.5) is 0 Å². The number of likely N-dealkylation sites (tertiary alicyclic amines) is 1. The number of aryl methyl sites for hydroxylation is 1. The van der Waals surface area contributed by atoms with Gasteiger partial charge in [0, 0.05) is 18.2 Å². The predicted octanol–water partition coefficient (Wildman–Crippen LogP) is 2.19. The fourth-order valence-electron chi connectivity index (χ4n) is 3.05. The molecule has 2 heterocycles. The highest BCUT2D eigenvalue weighted by molar-refractivity contribution is 5.93. The Morgan fingerprint density at radius 1 is 1.41 bits per heavy atom. The number of hydrogen-bond donors (Lipinski definition) is 2. The van der Waals surface area contributed by atoms with E-state index in [4.69, 9.17) is 5.73 Å². The first-order chi connectivity index (χ1) is 10.6. The van der Waals surface area contributed by atoms with Crippen molar-refractivity contribution in [3.8, 4) is 11.3 Å². The van der Waals surface area contributed by atoms with Gasteiger partial charge in [-0.1, -0.05) is 29.8 Å². The van der Waals surface area contributed by atoms with Crippen LogP contribution in [-0.4, -0.2) is 40.1 Å². The molecule has 1 fully saturated rings. The van der Waals surface area contributed by atoms with E-state index in [0.717, 1.165) is 24.2 Å². The molecule has 1 aliphatic rings. The van der Waals surface area contributed by atoms with Crippen LogP contribution >= 0.6 is 0 Å². The summed E-state index contributed by atoms with van der Waals surface area (Å²) in [5.41, 5.74) is 9.28. The van der Waals surface area contributed by atoms with Gasteiger partial charge in [-0.3, -0.25) is 9.89 Å². The summed E-state index contributed by atoms with van der Waals surface area (Å²) in [5.74, 6) is 0.410. The molecular weight excluding hydrogens is 276 g/mol. The van der Waals surface area contributed by atoms with Crippen LogP contribution in [-0.2, 0) is 0 Å². The highest BCUT2D eigenvalue weighted by Crippen LogP contribution is 2.25. The van der Waals surface area contributed by atoms with Crippen molar-refractivity contribution >= 4 is 5.91 Å². The van der Waals surface area contributed by atoms with Crippen molar-refractivity contribution in [2.45, 2.75) is 26.3 Å². The average Bonchev–Trinajstić information content (AvgIpc) is 3.14. The van der Waals surface area contributed by atoms with Crippen LogP contribution in [0.25, 0.3) is 11.3 Å². The SMILES string of the molecule is Cc1ccc(-c2cc(C(=O)N3CC(CN)CC3C)[nH]n2)cc1. The molecule has 1 aliphatic heterocycles. The molecule has 2 aromatic rings. The fraction of sp³-hybridized carbons (Fsp3) is 0.412. The van der Waals surface area contributed by atoms with Gasteiger partial charge in [-0.25, -0.2) is 0 Å². The van der Waals surface area contributed by atoms with Crippen molar-refractivity contribution < 1.29 is 4.79 Å². The van der Waals surface area contributed by atoms with Crippen molar-refractivity contribution in [1.29, 1.82) is 0 Å². The minimum absolute atomic E-state index is 0.00862. The van der Waals surface area contributed by atoms with Crippen LogP contribution in [0.2, 0.25) is 0 Å². The number of nitrogens with one attached hydrogen (secondary N) is 1. The summed E-state index contributed by atoms with van der Waals surface area (Å²) in [4.78, 5) is 14.5. The van der Waals surface area contributed by atoms with Gasteiger partial charge in [0.2, 0.25) is 0 Å². The Morgan fingerprint density at radius 2 is 2.14 bits per heavy atom. The maximum absolute atomic E-state index is 12.6. The Bertz CT molecular complexity index is 662. The van der Waals surface area contributed by atoms with E-state index in [0.29, 0.717) is 18.2 Å². The van der Waals surface area contributed by atoms with Gasteiger partial charge < -0.3 is 10.6 Å². The standard InChI is InChI=1S/C17H22N4O/c1-11-3-5-14(6-4-11)15-8-16(20-19-15)17(22)21-10-13(9-18)7-12(21)2/h3-6,8,12-13H,7,9-10,18H2,1-2H3,(H,19,20). The molecular formula is C17H22N4O. The summed E-state index contributed by atoms with van der Waals surface area (Å²) in [7, 11) is 0. The summed E-state index contributed by atoms with van der Waals surface area (Å²) >= 11 is 0. The Labute approximate surface area is 130 Å². The lowest BCUT2D eigenvalue weighted by atomic mass is 10.1. The molecule has 3 rings (SSSR count). The van der Waals surface area contributed by atoms with E-state index in [-0.39, 0.29) is 11.9 Å². The number of amides is 1. The van der Waals surface area contributed by atoms with E-state index < -0.39 is 0 Å². The summed E-state index contributed by atoms with van der Waals surface area (Å²) in [6, 6.07) is 10.2. The van der Waals surface area contributed by atoms with Crippen LogP contribution in [0, 0.1) is 12.8 Å². The second-order valence-corrected chi connectivity index (χ2v) is 6.18. The van der Waals surface area contributed by atoms with E-state index in [1.54, 1.807) is 0 Å². The third-order valence-corrected chi connectivity index (χ3v) is 4.41. The van der Waals surface area contributed by atoms with Gasteiger partial charge in [0.1, 0.15) is 5.69 Å². The van der Waals surface area contributed by atoms with E-state index in [9.17, 15) is 4.79 Å². The van der Waals surface area contributed by atoms with Crippen LogP contribution in [0.3, 0.4) is 0 Å². The quantitative estimate of drug-likeness (QED) is 0.912. The van der Waals surface area contributed by atoms with Gasteiger partial charge in [-0.2, -0.15) is 5.10 Å². The van der Waals surface area contributed by atoms with Crippen molar-refractivity contribution in [3.05, 3.63) is 41.6 Å². The topological polar surface area (TPSA) is 75.0 Å². The number of benzene rings is 1. The van der Waals surface area contributed by atoms with E-state index in [1.165, 1.54) is 5.56 Å². The number of hydrogen-bond acceptors (Lipinski definition) is 3. The van der Waals surface area contributed by atoms with E-state index in [1.807, 2.05) is 42.2 Å². The molecule has 0 bridgehead atoms. The first-order valence-corrected chi connectivity index (χ1v) is 7.72. The highest BCUT2D eigenvalue weighted by atomic mass is 16.2. The number of carbonyl (C=O) groups excluding carboxylic acids is 1.